The Morgan fingerprint density at radius 3 is 2.82 bits per heavy atom. The number of fused-ring (bicyclic) bond motifs is 3. The van der Waals surface area contributed by atoms with Crippen LogP contribution < -0.4 is 0 Å². The minimum atomic E-state index is -0.198. The maximum absolute atomic E-state index is 12.7. The van der Waals surface area contributed by atoms with Crippen molar-refractivity contribution < 1.29 is 9.53 Å². The number of carbonyl (C=O) groups is 1. The molecule has 0 spiro atoms. The highest BCUT2D eigenvalue weighted by molar-refractivity contribution is 5.86. The van der Waals surface area contributed by atoms with Gasteiger partial charge in [-0.15, -0.1) is 0 Å². The molecule has 0 aliphatic carbocycles. The first-order valence-electron chi connectivity index (χ1n) is 9.82. The van der Waals surface area contributed by atoms with Crippen LogP contribution in [-0.4, -0.2) is 28.1 Å². The summed E-state index contributed by atoms with van der Waals surface area (Å²) in [5.74, 6) is 0. The monoisotopic (exact) mass is 370 g/mol. The van der Waals surface area contributed by atoms with E-state index < -0.39 is 0 Å². The Hall–Kier alpha value is -3.14. The quantitative estimate of drug-likeness (QED) is 0.637. The van der Waals surface area contributed by atoms with Gasteiger partial charge in [0.05, 0.1) is 6.04 Å². The first-order chi connectivity index (χ1) is 13.8. The van der Waals surface area contributed by atoms with Crippen LogP contribution in [-0.2, 0) is 11.3 Å². The first-order valence-corrected chi connectivity index (χ1v) is 9.82. The lowest BCUT2D eigenvalue weighted by atomic mass is 9.93. The molecule has 2 aliphatic rings. The number of hydrogen-bond donors (Lipinski definition) is 0. The van der Waals surface area contributed by atoms with Crippen LogP contribution in [0.15, 0.2) is 73.1 Å². The predicted octanol–water partition coefficient (Wildman–Crippen LogP) is 5.19. The van der Waals surface area contributed by atoms with Crippen LogP contribution in [0.25, 0.3) is 16.3 Å². The fraction of sp³-hybridized carbons (Fsp3) is 0.250. The molecule has 5 rings (SSSR count). The van der Waals surface area contributed by atoms with E-state index in [2.05, 4.69) is 29.3 Å². The molecule has 0 saturated carbocycles. The zero-order chi connectivity index (χ0) is 18.9. The molecule has 1 saturated heterocycles. The number of aromatic nitrogens is 1. The van der Waals surface area contributed by atoms with E-state index in [0.29, 0.717) is 6.61 Å². The van der Waals surface area contributed by atoms with Gasteiger partial charge in [0.1, 0.15) is 6.61 Å². The van der Waals surface area contributed by atoms with Crippen molar-refractivity contribution in [2.75, 3.05) is 0 Å². The Morgan fingerprint density at radius 2 is 1.96 bits per heavy atom. The van der Waals surface area contributed by atoms with Gasteiger partial charge in [-0.05, 0) is 53.5 Å². The van der Waals surface area contributed by atoms with Crippen molar-refractivity contribution in [2.24, 2.45) is 0 Å². The highest BCUT2D eigenvalue weighted by Gasteiger charge is 2.40. The fourth-order valence-electron chi connectivity index (χ4n) is 4.41. The number of amides is 1. The molecule has 2 aromatic carbocycles. The maximum atomic E-state index is 12.7. The smallest absolute Gasteiger partial charge is 0.410 e. The summed E-state index contributed by atoms with van der Waals surface area (Å²) in [6.45, 7) is 0.324. The van der Waals surface area contributed by atoms with Crippen LogP contribution in [0.1, 0.15) is 30.4 Å². The molecular weight excluding hydrogens is 348 g/mol. The van der Waals surface area contributed by atoms with E-state index in [1.54, 1.807) is 0 Å². The predicted molar refractivity (Wildman–Crippen MR) is 110 cm³/mol. The topological polar surface area (TPSA) is 42.4 Å². The molecular formula is C24H22N2O2. The lowest BCUT2D eigenvalue weighted by molar-refractivity contribution is 0.0832. The summed E-state index contributed by atoms with van der Waals surface area (Å²) in [6, 6.07) is 18.8. The SMILES string of the molecule is O=C(OCc1ccccc1)N1C2C=C(c3ccc4cnccc4c3)CC1CC2. The largest absolute Gasteiger partial charge is 0.445 e. The Kier molecular flexibility index (Phi) is 4.32. The van der Waals surface area contributed by atoms with E-state index >= 15 is 0 Å². The number of hydrogen-bond acceptors (Lipinski definition) is 3. The van der Waals surface area contributed by atoms with Crippen LogP contribution in [0, 0.1) is 0 Å². The Bertz CT molecular complexity index is 1040. The van der Waals surface area contributed by atoms with Crippen molar-refractivity contribution in [2.45, 2.75) is 38.0 Å². The number of ether oxygens (including phenoxy) is 1. The van der Waals surface area contributed by atoms with Gasteiger partial charge in [-0.3, -0.25) is 9.88 Å². The van der Waals surface area contributed by atoms with E-state index in [-0.39, 0.29) is 18.2 Å². The maximum Gasteiger partial charge on any atom is 0.410 e. The molecule has 2 atom stereocenters. The number of pyridine rings is 1. The molecule has 4 heteroatoms. The second-order valence-corrected chi connectivity index (χ2v) is 7.58. The molecule has 0 radical (unpaired) electrons. The zero-order valence-electron chi connectivity index (χ0n) is 15.6. The lowest BCUT2D eigenvalue weighted by Gasteiger charge is -2.33. The first kappa shape index (κ1) is 17.0. The zero-order valence-corrected chi connectivity index (χ0v) is 15.6. The molecule has 4 nitrogen and oxygen atoms in total. The average Bonchev–Trinajstić information content (AvgIpc) is 3.02. The lowest BCUT2D eigenvalue weighted by Crippen LogP contribution is -2.43. The summed E-state index contributed by atoms with van der Waals surface area (Å²) >= 11 is 0. The second kappa shape index (κ2) is 7.12. The van der Waals surface area contributed by atoms with Crippen molar-refractivity contribution in [3.8, 4) is 0 Å². The van der Waals surface area contributed by atoms with E-state index in [4.69, 9.17) is 4.74 Å². The third-order valence-electron chi connectivity index (χ3n) is 5.82. The number of rotatable bonds is 3. The third kappa shape index (κ3) is 3.15. The molecule has 1 fully saturated rings. The standard InChI is InChI=1S/C24H22N2O2/c27-24(28-16-17-4-2-1-3-5-17)26-22-8-9-23(26)14-21(13-22)18-6-7-20-15-25-11-10-19(20)12-18/h1-7,10-13,15,22-23H,8-9,14,16H2. The van der Waals surface area contributed by atoms with Crippen LogP contribution in [0.5, 0.6) is 0 Å². The molecule has 2 unspecified atom stereocenters. The Morgan fingerprint density at radius 1 is 1.07 bits per heavy atom. The van der Waals surface area contributed by atoms with Crippen molar-refractivity contribution in [3.05, 3.63) is 84.2 Å². The van der Waals surface area contributed by atoms with E-state index in [1.807, 2.05) is 53.7 Å². The van der Waals surface area contributed by atoms with Gasteiger partial charge in [-0.25, -0.2) is 4.79 Å². The van der Waals surface area contributed by atoms with Crippen LogP contribution in [0.2, 0.25) is 0 Å². The third-order valence-corrected chi connectivity index (χ3v) is 5.82. The van der Waals surface area contributed by atoms with Gasteiger partial charge in [0.2, 0.25) is 0 Å². The highest BCUT2D eigenvalue weighted by atomic mass is 16.6. The van der Waals surface area contributed by atoms with Gasteiger partial charge < -0.3 is 4.74 Å². The molecule has 1 amide bonds. The highest BCUT2D eigenvalue weighted by Crippen LogP contribution is 2.39. The average molecular weight is 370 g/mol. The summed E-state index contributed by atoms with van der Waals surface area (Å²) in [5.41, 5.74) is 3.59. The van der Waals surface area contributed by atoms with Gasteiger partial charge in [-0.1, -0.05) is 48.5 Å². The summed E-state index contributed by atoms with van der Waals surface area (Å²) in [4.78, 5) is 18.8. The van der Waals surface area contributed by atoms with Crippen LogP contribution in [0.3, 0.4) is 0 Å². The fourth-order valence-corrected chi connectivity index (χ4v) is 4.41. The minimum absolute atomic E-state index is 0.130. The minimum Gasteiger partial charge on any atom is -0.445 e. The number of nitrogens with zero attached hydrogens (tertiary/aromatic N) is 2. The molecule has 1 aromatic heterocycles. The molecule has 140 valence electrons. The number of benzene rings is 2. The Labute approximate surface area is 164 Å². The van der Waals surface area contributed by atoms with E-state index in [1.165, 1.54) is 16.5 Å². The molecule has 2 bridgehead atoms. The number of carbonyl (C=O) groups excluding carboxylic acids is 1. The normalized spacial score (nSPS) is 20.9. The van der Waals surface area contributed by atoms with Crippen molar-refractivity contribution in [1.82, 2.24) is 9.88 Å². The van der Waals surface area contributed by atoms with Crippen molar-refractivity contribution >= 4 is 22.4 Å². The van der Waals surface area contributed by atoms with Crippen LogP contribution >= 0.6 is 0 Å². The summed E-state index contributed by atoms with van der Waals surface area (Å²) in [6.07, 6.45) is 8.70. The van der Waals surface area contributed by atoms with E-state index in [0.717, 1.165) is 30.2 Å². The van der Waals surface area contributed by atoms with Crippen molar-refractivity contribution in [3.63, 3.8) is 0 Å². The Balaban J connectivity index is 1.34. The second-order valence-electron chi connectivity index (χ2n) is 7.58. The van der Waals surface area contributed by atoms with Gasteiger partial charge in [-0.2, -0.15) is 0 Å². The van der Waals surface area contributed by atoms with Gasteiger partial charge >= 0.3 is 6.09 Å². The molecule has 3 aromatic rings. The van der Waals surface area contributed by atoms with Gasteiger partial charge in [0.15, 0.2) is 0 Å². The summed E-state index contributed by atoms with van der Waals surface area (Å²) in [5, 5.41) is 2.35. The summed E-state index contributed by atoms with van der Waals surface area (Å²) in [7, 11) is 0. The molecule has 28 heavy (non-hydrogen) atoms. The van der Waals surface area contributed by atoms with Gasteiger partial charge in [0.25, 0.3) is 0 Å². The molecule has 0 N–H and O–H groups in total. The molecule has 2 aliphatic heterocycles. The molecule has 3 heterocycles. The van der Waals surface area contributed by atoms with E-state index in [9.17, 15) is 4.79 Å². The van der Waals surface area contributed by atoms with Crippen LogP contribution in [0.4, 0.5) is 4.79 Å². The summed E-state index contributed by atoms with van der Waals surface area (Å²) < 4.78 is 5.60. The van der Waals surface area contributed by atoms with Crippen molar-refractivity contribution in [1.29, 1.82) is 0 Å². The van der Waals surface area contributed by atoms with Gasteiger partial charge in [0, 0.05) is 23.8 Å².